The molecule has 2 aromatic carbocycles. The van der Waals surface area contributed by atoms with Gasteiger partial charge in [-0.05, 0) is 30.3 Å². The van der Waals surface area contributed by atoms with Crippen molar-refractivity contribution in [2.75, 3.05) is 24.3 Å². The van der Waals surface area contributed by atoms with Crippen molar-refractivity contribution >= 4 is 52.1 Å². The van der Waals surface area contributed by atoms with Gasteiger partial charge < -0.3 is 15.4 Å². The van der Waals surface area contributed by atoms with Gasteiger partial charge in [-0.25, -0.2) is 0 Å². The molecule has 23 heavy (non-hydrogen) atoms. The number of ether oxygens (including phenoxy) is 1. The number of halogens is 3. The van der Waals surface area contributed by atoms with Gasteiger partial charge in [0.05, 0.1) is 27.9 Å². The lowest BCUT2D eigenvalue weighted by Crippen LogP contribution is -2.16. The second-order valence-corrected chi connectivity index (χ2v) is 5.87. The number of methoxy groups -OCH3 is 1. The van der Waals surface area contributed by atoms with Crippen molar-refractivity contribution in [1.82, 2.24) is 0 Å². The Balaban J connectivity index is 1.85. The molecule has 0 spiro atoms. The van der Waals surface area contributed by atoms with E-state index in [2.05, 4.69) is 10.6 Å². The number of hydrogen-bond donors (Lipinski definition) is 2. The van der Waals surface area contributed by atoms with Gasteiger partial charge >= 0.3 is 0 Å². The van der Waals surface area contributed by atoms with E-state index in [4.69, 9.17) is 39.5 Å². The maximum Gasteiger partial charge on any atom is 0.226 e. The molecule has 0 aliphatic rings. The zero-order valence-electron chi connectivity index (χ0n) is 12.3. The molecule has 122 valence electrons. The van der Waals surface area contributed by atoms with Crippen LogP contribution in [0.1, 0.15) is 6.42 Å². The molecule has 0 bridgehead atoms. The van der Waals surface area contributed by atoms with Crippen LogP contribution < -0.4 is 15.4 Å². The monoisotopic (exact) mass is 372 g/mol. The summed E-state index contributed by atoms with van der Waals surface area (Å²) in [5.41, 5.74) is 1.31. The predicted molar refractivity (Wildman–Crippen MR) is 96.2 cm³/mol. The van der Waals surface area contributed by atoms with E-state index in [0.717, 1.165) is 5.69 Å². The molecule has 0 unspecified atom stereocenters. The second kappa shape index (κ2) is 8.29. The van der Waals surface area contributed by atoms with E-state index in [1.54, 1.807) is 37.4 Å². The van der Waals surface area contributed by atoms with E-state index >= 15 is 0 Å². The van der Waals surface area contributed by atoms with Crippen LogP contribution in [0.3, 0.4) is 0 Å². The first kappa shape index (κ1) is 17.7. The Hall–Kier alpha value is -1.62. The minimum Gasteiger partial charge on any atom is -0.495 e. The summed E-state index contributed by atoms with van der Waals surface area (Å²) in [5.74, 6) is 0.437. The number of carbonyl (C=O) groups excluding carboxylic acids is 1. The number of carbonyl (C=O) groups is 1. The SMILES string of the molecule is COc1ccc(NCCC(=O)Nc2cccc(Cl)c2Cl)cc1Cl. The normalized spacial score (nSPS) is 10.3. The van der Waals surface area contributed by atoms with Gasteiger partial charge in [0, 0.05) is 18.7 Å². The summed E-state index contributed by atoms with van der Waals surface area (Å²) in [6, 6.07) is 10.4. The van der Waals surface area contributed by atoms with Crippen molar-refractivity contribution in [3.8, 4) is 5.75 Å². The third kappa shape index (κ3) is 4.93. The molecule has 2 rings (SSSR count). The number of amides is 1. The number of nitrogens with one attached hydrogen (secondary N) is 2. The number of rotatable bonds is 6. The second-order valence-electron chi connectivity index (χ2n) is 4.68. The summed E-state index contributed by atoms with van der Waals surface area (Å²) in [7, 11) is 1.56. The summed E-state index contributed by atoms with van der Waals surface area (Å²) >= 11 is 18.0. The summed E-state index contributed by atoms with van der Waals surface area (Å²) in [6.07, 6.45) is 0.270. The van der Waals surface area contributed by atoms with Crippen molar-refractivity contribution in [1.29, 1.82) is 0 Å². The molecular formula is C16H15Cl3N2O2. The van der Waals surface area contributed by atoms with Gasteiger partial charge in [-0.1, -0.05) is 40.9 Å². The van der Waals surface area contributed by atoms with Crippen molar-refractivity contribution in [3.63, 3.8) is 0 Å². The molecule has 2 N–H and O–H groups in total. The Kier molecular flexibility index (Phi) is 6.39. The van der Waals surface area contributed by atoms with Gasteiger partial charge in [-0.15, -0.1) is 0 Å². The van der Waals surface area contributed by atoms with Crippen LogP contribution in [0.2, 0.25) is 15.1 Å². The molecule has 0 saturated carbocycles. The third-order valence-electron chi connectivity index (χ3n) is 3.06. The minimum atomic E-state index is -0.165. The number of benzene rings is 2. The fourth-order valence-electron chi connectivity index (χ4n) is 1.91. The predicted octanol–water partition coefficient (Wildman–Crippen LogP) is 5.10. The molecular weight excluding hydrogens is 359 g/mol. The number of anilines is 2. The summed E-state index contributed by atoms with van der Waals surface area (Å²) in [4.78, 5) is 11.9. The Labute approximate surface area is 149 Å². The van der Waals surface area contributed by atoms with E-state index in [1.807, 2.05) is 6.07 Å². The first-order valence-electron chi connectivity index (χ1n) is 6.82. The summed E-state index contributed by atoms with van der Waals surface area (Å²) < 4.78 is 5.08. The highest BCUT2D eigenvalue weighted by Crippen LogP contribution is 2.29. The van der Waals surface area contributed by atoms with E-state index < -0.39 is 0 Å². The van der Waals surface area contributed by atoms with Crippen molar-refractivity contribution in [3.05, 3.63) is 51.5 Å². The highest BCUT2D eigenvalue weighted by Gasteiger charge is 2.08. The maximum absolute atomic E-state index is 11.9. The lowest BCUT2D eigenvalue weighted by atomic mass is 10.2. The molecule has 0 fully saturated rings. The van der Waals surface area contributed by atoms with E-state index in [-0.39, 0.29) is 12.3 Å². The van der Waals surface area contributed by atoms with Crippen molar-refractivity contribution in [2.45, 2.75) is 6.42 Å². The highest BCUT2D eigenvalue weighted by atomic mass is 35.5. The smallest absolute Gasteiger partial charge is 0.226 e. The molecule has 0 heterocycles. The molecule has 0 aliphatic carbocycles. The fourth-order valence-corrected chi connectivity index (χ4v) is 2.52. The lowest BCUT2D eigenvalue weighted by molar-refractivity contribution is -0.115. The molecule has 4 nitrogen and oxygen atoms in total. The largest absolute Gasteiger partial charge is 0.495 e. The van der Waals surface area contributed by atoms with Crippen LogP contribution in [-0.4, -0.2) is 19.6 Å². The maximum atomic E-state index is 11.9. The zero-order valence-corrected chi connectivity index (χ0v) is 14.6. The third-order valence-corrected chi connectivity index (χ3v) is 4.17. The van der Waals surface area contributed by atoms with Crippen molar-refractivity contribution < 1.29 is 9.53 Å². The molecule has 0 radical (unpaired) electrons. The molecule has 0 saturated heterocycles. The number of hydrogen-bond acceptors (Lipinski definition) is 3. The minimum absolute atomic E-state index is 0.165. The summed E-state index contributed by atoms with van der Waals surface area (Å²) in [5, 5.41) is 7.08. The standard InChI is InChI=1S/C16H15Cl3N2O2/c1-23-14-6-5-10(9-12(14)18)20-8-7-15(22)21-13-4-2-3-11(17)16(13)19/h2-6,9,20H,7-8H2,1H3,(H,21,22). The van der Waals surface area contributed by atoms with Gasteiger partial charge in [-0.3, -0.25) is 4.79 Å². The van der Waals surface area contributed by atoms with E-state index in [0.29, 0.717) is 33.0 Å². The average Bonchev–Trinajstić information content (AvgIpc) is 2.52. The van der Waals surface area contributed by atoms with Crippen LogP contribution in [0.5, 0.6) is 5.75 Å². The van der Waals surface area contributed by atoms with Crippen LogP contribution in [0, 0.1) is 0 Å². The Bertz CT molecular complexity index is 708. The van der Waals surface area contributed by atoms with E-state index in [9.17, 15) is 4.79 Å². The first-order chi connectivity index (χ1) is 11.0. The van der Waals surface area contributed by atoms with Gasteiger partial charge in [-0.2, -0.15) is 0 Å². The Morgan fingerprint density at radius 1 is 1.13 bits per heavy atom. The Morgan fingerprint density at radius 3 is 2.61 bits per heavy atom. The van der Waals surface area contributed by atoms with Gasteiger partial charge in [0.25, 0.3) is 0 Å². The van der Waals surface area contributed by atoms with Gasteiger partial charge in [0.2, 0.25) is 5.91 Å². The molecule has 0 aliphatic heterocycles. The van der Waals surface area contributed by atoms with Crippen molar-refractivity contribution in [2.24, 2.45) is 0 Å². The van der Waals surface area contributed by atoms with Crippen LogP contribution in [0.15, 0.2) is 36.4 Å². The lowest BCUT2D eigenvalue weighted by Gasteiger charge is -2.10. The van der Waals surface area contributed by atoms with Gasteiger partial charge in [0.15, 0.2) is 0 Å². The van der Waals surface area contributed by atoms with Crippen LogP contribution in [-0.2, 0) is 4.79 Å². The molecule has 0 aromatic heterocycles. The highest BCUT2D eigenvalue weighted by molar-refractivity contribution is 6.44. The molecule has 7 heteroatoms. The average molecular weight is 374 g/mol. The molecule has 2 aromatic rings. The van der Waals surface area contributed by atoms with E-state index in [1.165, 1.54) is 0 Å². The van der Waals surface area contributed by atoms with Crippen LogP contribution in [0.25, 0.3) is 0 Å². The molecule has 1 amide bonds. The first-order valence-corrected chi connectivity index (χ1v) is 7.96. The van der Waals surface area contributed by atoms with Gasteiger partial charge in [0.1, 0.15) is 5.75 Å². The topological polar surface area (TPSA) is 50.4 Å². The quantitative estimate of drug-likeness (QED) is 0.741. The van der Waals surface area contributed by atoms with Crippen LogP contribution >= 0.6 is 34.8 Å². The summed E-state index contributed by atoms with van der Waals surface area (Å²) in [6.45, 7) is 0.451. The Morgan fingerprint density at radius 2 is 1.91 bits per heavy atom. The fraction of sp³-hybridized carbons (Fsp3) is 0.188. The van der Waals surface area contributed by atoms with Crippen LogP contribution in [0.4, 0.5) is 11.4 Å². The molecule has 0 atom stereocenters. The zero-order chi connectivity index (χ0) is 16.8.